The zero-order chi connectivity index (χ0) is 17.1. The summed E-state index contributed by atoms with van der Waals surface area (Å²) in [6.07, 6.45) is 2.82. The average Bonchev–Trinajstić information content (AvgIpc) is 3.10. The molecule has 2 saturated heterocycles. The molecule has 24 heavy (non-hydrogen) atoms. The number of nitrogens with zero attached hydrogens (tertiary/aromatic N) is 3. The van der Waals surface area contributed by atoms with Gasteiger partial charge in [0, 0.05) is 37.8 Å². The highest BCUT2D eigenvalue weighted by atomic mass is 16.6. The van der Waals surface area contributed by atoms with E-state index < -0.39 is 9.85 Å². The molecule has 1 atom stereocenters. The highest BCUT2D eigenvalue weighted by molar-refractivity contribution is 5.65. The first-order valence-electron chi connectivity index (χ1n) is 8.06. The van der Waals surface area contributed by atoms with Gasteiger partial charge >= 0.3 is 0 Å². The smallest absolute Gasteiger partial charge is 0.299 e. The molecule has 3 rings (SSSR count). The number of benzene rings is 1. The second-order valence-electron chi connectivity index (χ2n) is 6.19. The van der Waals surface area contributed by atoms with Crippen LogP contribution in [0, 0.1) is 20.2 Å². The van der Waals surface area contributed by atoms with Crippen LogP contribution in [-0.4, -0.2) is 53.1 Å². The van der Waals surface area contributed by atoms with E-state index in [9.17, 15) is 20.2 Å². The van der Waals surface area contributed by atoms with Crippen molar-refractivity contribution < 1.29 is 14.6 Å². The summed E-state index contributed by atoms with van der Waals surface area (Å²) in [6.45, 7) is 3.45. The number of nitro groups is 2. The molecule has 1 aromatic rings. The SMILES string of the molecule is O=[N+]([O-])c1ccc(NC2CCN(C3CCOC3)CC2)c([N+](=O)[O-])c1. The van der Waals surface area contributed by atoms with Gasteiger partial charge < -0.3 is 10.1 Å². The second kappa shape index (κ2) is 7.10. The average molecular weight is 336 g/mol. The molecule has 2 aliphatic rings. The fraction of sp³-hybridized carbons (Fsp3) is 0.600. The van der Waals surface area contributed by atoms with E-state index in [0.717, 1.165) is 51.6 Å². The molecule has 0 saturated carbocycles. The number of hydrogen-bond acceptors (Lipinski definition) is 7. The van der Waals surface area contributed by atoms with Gasteiger partial charge in [-0.3, -0.25) is 25.1 Å². The highest BCUT2D eigenvalue weighted by Crippen LogP contribution is 2.31. The largest absolute Gasteiger partial charge is 0.380 e. The van der Waals surface area contributed by atoms with Gasteiger partial charge in [0.25, 0.3) is 11.4 Å². The molecule has 2 aliphatic heterocycles. The van der Waals surface area contributed by atoms with E-state index in [1.807, 2.05) is 0 Å². The first-order valence-corrected chi connectivity index (χ1v) is 8.06. The van der Waals surface area contributed by atoms with Gasteiger partial charge in [-0.1, -0.05) is 0 Å². The Labute approximate surface area is 138 Å². The normalized spacial score (nSPS) is 22.4. The molecule has 9 nitrogen and oxygen atoms in total. The number of piperidine rings is 1. The van der Waals surface area contributed by atoms with E-state index in [-0.39, 0.29) is 17.4 Å². The number of likely N-dealkylation sites (tertiary alicyclic amines) is 1. The van der Waals surface area contributed by atoms with Crippen LogP contribution in [0.3, 0.4) is 0 Å². The van der Waals surface area contributed by atoms with Gasteiger partial charge in [-0.25, -0.2) is 0 Å². The zero-order valence-corrected chi connectivity index (χ0v) is 13.2. The summed E-state index contributed by atoms with van der Waals surface area (Å²) in [6, 6.07) is 4.34. The Morgan fingerprint density at radius 1 is 1.12 bits per heavy atom. The van der Waals surface area contributed by atoms with Crippen LogP contribution in [0.5, 0.6) is 0 Å². The molecule has 0 amide bonds. The molecule has 0 bridgehead atoms. The third kappa shape index (κ3) is 3.62. The standard InChI is InChI=1S/C15H20N4O5/c20-18(21)12-1-2-14(15(9-12)19(22)23)16-11-3-6-17(7-4-11)13-5-8-24-10-13/h1-2,9,11,13,16H,3-8,10H2. The van der Waals surface area contributed by atoms with Crippen molar-refractivity contribution in [3.63, 3.8) is 0 Å². The Bertz CT molecular complexity index is 624. The van der Waals surface area contributed by atoms with E-state index in [1.165, 1.54) is 12.1 Å². The van der Waals surface area contributed by atoms with Crippen molar-refractivity contribution in [2.24, 2.45) is 0 Å². The minimum atomic E-state index is -0.626. The van der Waals surface area contributed by atoms with Crippen molar-refractivity contribution in [3.05, 3.63) is 38.4 Å². The molecule has 0 aromatic heterocycles. The summed E-state index contributed by atoms with van der Waals surface area (Å²) < 4.78 is 5.42. The Balaban J connectivity index is 1.64. The van der Waals surface area contributed by atoms with Crippen molar-refractivity contribution in [2.45, 2.75) is 31.3 Å². The minimum Gasteiger partial charge on any atom is -0.380 e. The second-order valence-corrected chi connectivity index (χ2v) is 6.19. The lowest BCUT2D eigenvalue weighted by Crippen LogP contribution is -2.44. The van der Waals surface area contributed by atoms with Crippen LogP contribution in [-0.2, 0) is 4.74 Å². The molecule has 1 N–H and O–H groups in total. The van der Waals surface area contributed by atoms with Gasteiger partial charge in [-0.15, -0.1) is 0 Å². The predicted octanol–water partition coefficient (Wildman–Crippen LogP) is 2.17. The quantitative estimate of drug-likeness (QED) is 0.648. The fourth-order valence-corrected chi connectivity index (χ4v) is 3.35. The van der Waals surface area contributed by atoms with Gasteiger partial charge in [0.2, 0.25) is 0 Å². The van der Waals surface area contributed by atoms with Gasteiger partial charge in [-0.2, -0.15) is 0 Å². The van der Waals surface area contributed by atoms with E-state index in [2.05, 4.69) is 10.2 Å². The lowest BCUT2D eigenvalue weighted by molar-refractivity contribution is -0.393. The Morgan fingerprint density at radius 2 is 1.88 bits per heavy atom. The molecule has 0 aliphatic carbocycles. The number of non-ortho nitro benzene ring substituents is 1. The lowest BCUT2D eigenvalue weighted by Gasteiger charge is -2.35. The van der Waals surface area contributed by atoms with Gasteiger partial charge in [0.15, 0.2) is 0 Å². The summed E-state index contributed by atoms with van der Waals surface area (Å²) in [5.74, 6) is 0. The number of hydrogen-bond donors (Lipinski definition) is 1. The molecule has 2 fully saturated rings. The molecule has 1 unspecified atom stereocenters. The number of rotatable bonds is 5. The summed E-state index contributed by atoms with van der Waals surface area (Å²) in [7, 11) is 0. The summed E-state index contributed by atoms with van der Waals surface area (Å²) in [5, 5.41) is 25.2. The topological polar surface area (TPSA) is 111 Å². The van der Waals surface area contributed by atoms with Crippen LogP contribution >= 0.6 is 0 Å². The van der Waals surface area contributed by atoms with Gasteiger partial charge in [-0.05, 0) is 25.3 Å². The van der Waals surface area contributed by atoms with Gasteiger partial charge in [0.05, 0.1) is 22.5 Å². The van der Waals surface area contributed by atoms with Crippen LogP contribution in [0.4, 0.5) is 17.1 Å². The van der Waals surface area contributed by atoms with Crippen LogP contribution in [0.25, 0.3) is 0 Å². The fourth-order valence-electron chi connectivity index (χ4n) is 3.35. The maximum Gasteiger partial charge on any atom is 0.299 e. The van der Waals surface area contributed by atoms with E-state index in [0.29, 0.717) is 11.7 Å². The van der Waals surface area contributed by atoms with Crippen molar-refractivity contribution >= 4 is 17.1 Å². The molecule has 130 valence electrons. The minimum absolute atomic E-state index is 0.128. The molecule has 2 heterocycles. The maximum absolute atomic E-state index is 11.2. The van der Waals surface area contributed by atoms with E-state index in [1.54, 1.807) is 0 Å². The number of nitro benzene ring substituents is 2. The van der Waals surface area contributed by atoms with Crippen LogP contribution in [0.2, 0.25) is 0 Å². The Morgan fingerprint density at radius 3 is 2.46 bits per heavy atom. The zero-order valence-electron chi connectivity index (χ0n) is 13.2. The Kier molecular flexibility index (Phi) is 4.91. The van der Waals surface area contributed by atoms with Crippen molar-refractivity contribution in [1.82, 2.24) is 4.90 Å². The van der Waals surface area contributed by atoms with Crippen molar-refractivity contribution in [1.29, 1.82) is 0 Å². The third-order valence-electron chi connectivity index (χ3n) is 4.70. The predicted molar refractivity (Wildman–Crippen MR) is 87.2 cm³/mol. The molecule has 1 aromatic carbocycles. The summed E-state index contributed by atoms with van der Waals surface area (Å²) >= 11 is 0. The first-order chi connectivity index (χ1) is 11.5. The molecular weight excluding hydrogens is 316 g/mol. The number of ether oxygens (including phenoxy) is 1. The van der Waals surface area contributed by atoms with Crippen molar-refractivity contribution in [3.8, 4) is 0 Å². The highest BCUT2D eigenvalue weighted by Gasteiger charge is 2.29. The van der Waals surface area contributed by atoms with E-state index >= 15 is 0 Å². The van der Waals surface area contributed by atoms with Crippen LogP contribution in [0.1, 0.15) is 19.3 Å². The molecule has 9 heteroatoms. The van der Waals surface area contributed by atoms with Crippen LogP contribution < -0.4 is 5.32 Å². The summed E-state index contributed by atoms with van der Waals surface area (Å²) in [4.78, 5) is 23.2. The van der Waals surface area contributed by atoms with Crippen molar-refractivity contribution in [2.75, 3.05) is 31.6 Å². The van der Waals surface area contributed by atoms with Crippen LogP contribution in [0.15, 0.2) is 18.2 Å². The maximum atomic E-state index is 11.2. The van der Waals surface area contributed by atoms with E-state index in [4.69, 9.17) is 4.74 Å². The molecule has 0 radical (unpaired) electrons. The number of nitrogens with one attached hydrogen (secondary N) is 1. The lowest BCUT2D eigenvalue weighted by atomic mass is 10.0. The molecule has 0 spiro atoms. The first kappa shape index (κ1) is 16.6. The Hall–Kier alpha value is -2.26. The van der Waals surface area contributed by atoms with Gasteiger partial charge in [0.1, 0.15) is 5.69 Å². The number of anilines is 1. The molecular formula is C15H20N4O5. The summed E-state index contributed by atoms with van der Waals surface area (Å²) in [5.41, 5.74) is -0.188. The third-order valence-corrected chi connectivity index (χ3v) is 4.70. The monoisotopic (exact) mass is 336 g/mol.